The first-order valence-electron chi connectivity index (χ1n) is 5.70. The molecule has 0 aliphatic heterocycles. The smallest absolute Gasteiger partial charge is 0.422 e. The number of alkyl halides is 3. The van der Waals surface area contributed by atoms with E-state index in [2.05, 4.69) is 26.0 Å². The van der Waals surface area contributed by atoms with Crippen molar-refractivity contribution >= 4 is 33.7 Å². The number of esters is 1. The highest BCUT2D eigenvalue weighted by atomic mass is 79.9. The molecule has 0 aliphatic carbocycles. The minimum Gasteiger partial charge on any atom is -0.462 e. The number of amides is 1. The molecule has 0 spiro atoms. The molecule has 0 radical (unpaired) electrons. The van der Waals surface area contributed by atoms with E-state index in [1.165, 1.54) is 18.2 Å². The van der Waals surface area contributed by atoms with Gasteiger partial charge in [-0.2, -0.15) is 13.2 Å². The van der Waals surface area contributed by atoms with E-state index in [0.717, 1.165) is 0 Å². The Hall–Kier alpha value is -1.77. The van der Waals surface area contributed by atoms with Crippen LogP contribution in [-0.2, 0) is 9.47 Å². The van der Waals surface area contributed by atoms with Crippen LogP contribution in [0, 0.1) is 0 Å². The van der Waals surface area contributed by atoms with Crippen LogP contribution in [0.4, 0.5) is 23.7 Å². The van der Waals surface area contributed by atoms with Gasteiger partial charge >= 0.3 is 18.2 Å². The van der Waals surface area contributed by atoms with Crippen LogP contribution in [0.25, 0.3) is 0 Å². The number of hydrogen-bond acceptors (Lipinski definition) is 4. The number of nitrogens with one attached hydrogen (secondary N) is 1. The fraction of sp³-hybridized carbons (Fsp3) is 0.333. The molecule has 0 unspecified atom stereocenters. The minimum atomic E-state index is -4.59. The molecule has 1 N–H and O–H groups in total. The molecule has 1 aromatic carbocycles. The van der Waals surface area contributed by atoms with Gasteiger partial charge in [0.1, 0.15) is 0 Å². The van der Waals surface area contributed by atoms with E-state index in [1.807, 2.05) is 0 Å². The lowest BCUT2D eigenvalue weighted by molar-refractivity contribution is -0.159. The van der Waals surface area contributed by atoms with Crippen molar-refractivity contribution in [1.82, 2.24) is 0 Å². The van der Waals surface area contributed by atoms with Gasteiger partial charge in [-0.25, -0.2) is 9.59 Å². The molecule has 0 heterocycles. The summed E-state index contributed by atoms with van der Waals surface area (Å²) in [4.78, 5) is 22.7. The zero-order valence-corrected chi connectivity index (χ0v) is 12.4. The molecular weight excluding hydrogens is 359 g/mol. The van der Waals surface area contributed by atoms with Crippen molar-refractivity contribution in [3.8, 4) is 0 Å². The van der Waals surface area contributed by atoms with Gasteiger partial charge in [0.2, 0.25) is 0 Å². The monoisotopic (exact) mass is 369 g/mol. The van der Waals surface area contributed by atoms with Crippen molar-refractivity contribution in [3.63, 3.8) is 0 Å². The molecule has 5 nitrogen and oxygen atoms in total. The molecule has 0 atom stereocenters. The Morgan fingerprint density at radius 2 is 1.95 bits per heavy atom. The van der Waals surface area contributed by atoms with E-state index in [-0.39, 0.29) is 17.9 Å². The molecular formula is C12H11BrF3NO4. The zero-order chi connectivity index (χ0) is 16.0. The van der Waals surface area contributed by atoms with Gasteiger partial charge in [-0.1, -0.05) is 0 Å². The van der Waals surface area contributed by atoms with Gasteiger partial charge in [-0.05, 0) is 41.1 Å². The highest BCUT2D eigenvalue weighted by molar-refractivity contribution is 9.10. The highest BCUT2D eigenvalue weighted by Crippen LogP contribution is 2.24. The average molecular weight is 370 g/mol. The molecule has 0 saturated carbocycles. The minimum absolute atomic E-state index is 0.162. The Labute approximate surface area is 126 Å². The summed E-state index contributed by atoms with van der Waals surface area (Å²) in [7, 11) is 0. The van der Waals surface area contributed by atoms with Crippen molar-refractivity contribution in [1.29, 1.82) is 0 Å². The van der Waals surface area contributed by atoms with Gasteiger partial charge in [-0.3, -0.25) is 5.32 Å². The number of hydrogen-bond donors (Lipinski definition) is 1. The van der Waals surface area contributed by atoms with Crippen molar-refractivity contribution in [2.75, 3.05) is 18.5 Å². The highest BCUT2D eigenvalue weighted by Gasteiger charge is 2.29. The number of benzene rings is 1. The van der Waals surface area contributed by atoms with E-state index in [9.17, 15) is 22.8 Å². The molecule has 0 bridgehead atoms. The largest absolute Gasteiger partial charge is 0.462 e. The first-order valence-corrected chi connectivity index (χ1v) is 6.49. The van der Waals surface area contributed by atoms with Gasteiger partial charge in [0.25, 0.3) is 0 Å². The van der Waals surface area contributed by atoms with E-state index in [1.54, 1.807) is 6.92 Å². The maximum Gasteiger partial charge on any atom is 0.422 e. The number of rotatable bonds is 4. The standard InChI is InChI=1S/C12H11BrF3NO4/c1-2-20-10(18)7-3-4-9(8(13)5-7)17-11(19)21-6-12(14,15)16/h3-5H,2,6H2,1H3,(H,17,19). The third-order valence-electron chi connectivity index (χ3n) is 2.08. The van der Waals surface area contributed by atoms with Gasteiger partial charge in [0, 0.05) is 4.47 Å². The van der Waals surface area contributed by atoms with Gasteiger partial charge in [0.05, 0.1) is 17.9 Å². The number of anilines is 1. The second-order valence-electron chi connectivity index (χ2n) is 3.73. The third kappa shape index (κ3) is 6.03. The lowest BCUT2D eigenvalue weighted by atomic mass is 10.2. The summed E-state index contributed by atoms with van der Waals surface area (Å²) >= 11 is 3.09. The molecule has 0 saturated heterocycles. The predicted octanol–water partition coefficient (Wildman–Crippen LogP) is 3.74. The lowest BCUT2D eigenvalue weighted by Gasteiger charge is -2.11. The van der Waals surface area contributed by atoms with E-state index < -0.39 is 24.8 Å². The van der Waals surface area contributed by atoms with Gasteiger partial charge < -0.3 is 9.47 Å². The van der Waals surface area contributed by atoms with Crippen LogP contribution in [0.3, 0.4) is 0 Å². The van der Waals surface area contributed by atoms with Crippen LogP contribution < -0.4 is 5.32 Å². The molecule has 1 aromatic rings. The summed E-state index contributed by atoms with van der Waals surface area (Å²) < 4.78 is 44.7. The molecule has 0 aliphatic rings. The molecule has 1 amide bonds. The summed E-state index contributed by atoms with van der Waals surface area (Å²) in [6, 6.07) is 4.07. The summed E-state index contributed by atoms with van der Waals surface area (Å²) in [6.07, 6.45) is -5.85. The van der Waals surface area contributed by atoms with Crippen molar-refractivity contribution in [3.05, 3.63) is 28.2 Å². The topological polar surface area (TPSA) is 64.6 Å². The first-order chi connectivity index (χ1) is 9.73. The predicted molar refractivity (Wildman–Crippen MR) is 71.1 cm³/mol. The summed E-state index contributed by atoms with van der Waals surface area (Å²) in [5.41, 5.74) is 0.396. The fourth-order valence-electron chi connectivity index (χ4n) is 1.25. The lowest BCUT2D eigenvalue weighted by Crippen LogP contribution is -2.23. The quantitative estimate of drug-likeness (QED) is 0.821. The zero-order valence-electron chi connectivity index (χ0n) is 10.8. The molecule has 0 aromatic heterocycles. The second kappa shape index (κ2) is 7.30. The van der Waals surface area contributed by atoms with Crippen LogP contribution in [0.15, 0.2) is 22.7 Å². The number of carbonyl (C=O) groups excluding carboxylic acids is 2. The molecule has 1 rings (SSSR count). The van der Waals surface area contributed by atoms with Gasteiger partial charge in [0.15, 0.2) is 6.61 Å². The number of carbonyl (C=O) groups is 2. The van der Waals surface area contributed by atoms with Crippen LogP contribution in [0.5, 0.6) is 0 Å². The maximum absolute atomic E-state index is 11.9. The van der Waals surface area contributed by atoms with Crippen LogP contribution in [0.1, 0.15) is 17.3 Å². The number of halogens is 4. The maximum atomic E-state index is 11.9. The van der Waals surface area contributed by atoms with E-state index in [0.29, 0.717) is 4.47 Å². The van der Waals surface area contributed by atoms with Crippen molar-refractivity contribution in [2.45, 2.75) is 13.1 Å². The fourth-order valence-corrected chi connectivity index (χ4v) is 1.73. The summed E-state index contributed by atoms with van der Waals surface area (Å²) in [6.45, 7) is 0.178. The van der Waals surface area contributed by atoms with Crippen molar-refractivity contribution < 1.29 is 32.2 Å². The SMILES string of the molecule is CCOC(=O)c1ccc(NC(=O)OCC(F)(F)F)c(Br)c1. The van der Waals surface area contributed by atoms with Crippen molar-refractivity contribution in [2.24, 2.45) is 0 Å². The molecule has 9 heteroatoms. The Bertz CT molecular complexity index is 534. The Balaban J connectivity index is 2.68. The Morgan fingerprint density at radius 3 is 2.48 bits per heavy atom. The second-order valence-corrected chi connectivity index (χ2v) is 4.59. The third-order valence-corrected chi connectivity index (χ3v) is 2.74. The molecule has 116 valence electrons. The molecule has 0 fully saturated rings. The summed E-state index contributed by atoms with van der Waals surface area (Å²) in [5.74, 6) is -0.551. The first kappa shape index (κ1) is 17.3. The molecule has 21 heavy (non-hydrogen) atoms. The average Bonchev–Trinajstić information content (AvgIpc) is 2.38. The van der Waals surface area contributed by atoms with E-state index >= 15 is 0 Å². The van der Waals surface area contributed by atoms with Gasteiger partial charge in [-0.15, -0.1) is 0 Å². The van der Waals surface area contributed by atoms with E-state index in [4.69, 9.17) is 4.74 Å². The Kier molecular flexibility index (Phi) is 6.01. The van der Waals surface area contributed by atoms with Crippen LogP contribution in [-0.4, -0.2) is 31.5 Å². The summed E-state index contributed by atoms with van der Waals surface area (Å²) in [5, 5.41) is 2.12. The Morgan fingerprint density at radius 1 is 1.29 bits per heavy atom. The van der Waals surface area contributed by atoms with Crippen LogP contribution in [0.2, 0.25) is 0 Å². The number of ether oxygens (including phenoxy) is 2. The normalized spacial score (nSPS) is 10.9. The van der Waals surface area contributed by atoms with Crippen LogP contribution >= 0.6 is 15.9 Å².